The highest BCUT2D eigenvalue weighted by molar-refractivity contribution is 5.96. The fourth-order valence-corrected chi connectivity index (χ4v) is 10.3. The van der Waals surface area contributed by atoms with E-state index in [1.54, 1.807) is 0 Å². The van der Waals surface area contributed by atoms with E-state index in [1.807, 2.05) is 12.1 Å². The van der Waals surface area contributed by atoms with Crippen molar-refractivity contribution in [2.45, 2.75) is 160 Å². The Morgan fingerprint density at radius 3 is 1.87 bits per heavy atom. The molecule has 2 saturated carbocycles. The zero-order valence-corrected chi connectivity index (χ0v) is 29.6. The molecule has 4 fully saturated rings. The molecule has 4 aliphatic rings. The number of ether oxygens (including phenoxy) is 2. The quantitative estimate of drug-likeness (QED) is 0.323. The first kappa shape index (κ1) is 33.5. The number of rotatable bonds is 5. The first-order chi connectivity index (χ1) is 21.5. The third-order valence-corrected chi connectivity index (χ3v) is 11.4. The summed E-state index contributed by atoms with van der Waals surface area (Å²) in [5, 5.41) is 9.72. The minimum Gasteiger partial charge on any atom is -0.462 e. The van der Waals surface area contributed by atoms with E-state index >= 15 is 0 Å². The maximum Gasteiger partial charge on any atom is 0.338 e. The molecule has 46 heavy (non-hydrogen) atoms. The summed E-state index contributed by atoms with van der Waals surface area (Å²) in [6.07, 6.45) is 9.74. The Morgan fingerprint density at radius 1 is 0.674 bits per heavy atom. The molecule has 252 valence electrons. The SMILES string of the molecule is CC1(C)CC(OC(=O)c2ccc3c(C4CCC5CC(C(=O)OC6CC(C)(C)NC(C)(C)C6)CCC5C4)cccc3c2)CC(C)(C)N1. The third-order valence-electron chi connectivity index (χ3n) is 11.4. The summed E-state index contributed by atoms with van der Waals surface area (Å²) in [4.78, 5) is 26.6. The van der Waals surface area contributed by atoms with Gasteiger partial charge in [-0.3, -0.25) is 4.79 Å². The lowest BCUT2D eigenvalue weighted by atomic mass is 9.63. The van der Waals surface area contributed by atoms with Crippen LogP contribution in [0, 0.1) is 17.8 Å². The standard InChI is InChI=1S/C40H58N2O4/c1-37(2)21-31(22-38(3,4)41-37)45-35(43)29-15-13-25-18-28(14-12-26(25)19-29)33-11-9-10-27-20-30(16-17-34(27)33)36(44)46-32-23-39(5,6)42-40(7,8)24-32/h9-11,16-17,20,25-26,28-29,31-32,41-42H,12-15,18-19,21-24H2,1-8H3. The van der Waals surface area contributed by atoms with Gasteiger partial charge < -0.3 is 20.1 Å². The van der Waals surface area contributed by atoms with Crippen LogP contribution in [0.4, 0.5) is 0 Å². The molecule has 0 radical (unpaired) electrons. The van der Waals surface area contributed by atoms with Gasteiger partial charge in [0.15, 0.2) is 0 Å². The van der Waals surface area contributed by atoms with E-state index in [0.717, 1.165) is 63.2 Å². The van der Waals surface area contributed by atoms with Gasteiger partial charge in [-0.2, -0.15) is 0 Å². The molecule has 2 aliphatic carbocycles. The molecule has 2 aromatic rings. The summed E-state index contributed by atoms with van der Waals surface area (Å²) in [5.74, 6) is 1.61. The molecule has 0 spiro atoms. The highest BCUT2D eigenvalue weighted by atomic mass is 16.5. The van der Waals surface area contributed by atoms with Gasteiger partial charge in [-0.15, -0.1) is 0 Å². The van der Waals surface area contributed by atoms with Gasteiger partial charge in [0.1, 0.15) is 12.2 Å². The zero-order chi connectivity index (χ0) is 33.1. The normalized spacial score (nSPS) is 30.7. The van der Waals surface area contributed by atoms with Crippen LogP contribution < -0.4 is 10.6 Å². The summed E-state index contributed by atoms with van der Waals surface area (Å²) in [6.45, 7) is 17.5. The summed E-state index contributed by atoms with van der Waals surface area (Å²) in [6, 6.07) is 12.7. The number of carbonyl (C=O) groups excluding carboxylic acids is 2. The number of hydrogen-bond acceptors (Lipinski definition) is 6. The van der Waals surface area contributed by atoms with Crippen LogP contribution in [0.1, 0.15) is 141 Å². The van der Waals surface area contributed by atoms with Crippen LogP contribution in [0.2, 0.25) is 0 Å². The Labute approximate surface area is 277 Å². The van der Waals surface area contributed by atoms with Crippen LogP contribution in [0.15, 0.2) is 36.4 Å². The minimum absolute atomic E-state index is 0.00945. The predicted molar refractivity (Wildman–Crippen MR) is 185 cm³/mol. The number of carbonyl (C=O) groups is 2. The lowest BCUT2D eigenvalue weighted by molar-refractivity contribution is -0.160. The van der Waals surface area contributed by atoms with Crippen molar-refractivity contribution in [1.29, 1.82) is 0 Å². The largest absolute Gasteiger partial charge is 0.462 e. The molecule has 2 aromatic carbocycles. The molecule has 0 bridgehead atoms. The van der Waals surface area contributed by atoms with E-state index in [-0.39, 0.29) is 52.2 Å². The fourth-order valence-electron chi connectivity index (χ4n) is 10.3. The average molecular weight is 631 g/mol. The molecule has 0 aromatic heterocycles. The highest BCUT2D eigenvalue weighted by Crippen LogP contribution is 2.49. The molecule has 6 rings (SSSR count). The molecule has 0 amide bonds. The van der Waals surface area contributed by atoms with Gasteiger partial charge in [0.05, 0.1) is 11.5 Å². The second-order valence-corrected chi connectivity index (χ2v) is 18.0. The van der Waals surface area contributed by atoms with E-state index in [1.165, 1.54) is 17.4 Å². The van der Waals surface area contributed by atoms with Crippen LogP contribution in [-0.4, -0.2) is 46.3 Å². The second-order valence-electron chi connectivity index (χ2n) is 18.0. The van der Waals surface area contributed by atoms with Crippen LogP contribution in [0.3, 0.4) is 0 Å². The van der Waals surface area contributed by atoms with Gasteiger partial charge in [-0.25, -0.2) is 4.79 Å². The smallest absolute Gasteiger partial charge is 0.338 e. The van der Waals surface area contributed by atoms with Crippen molar-refractivity contribution in [1.82, 2.24) is 10.6 Å². The molecule has 2 saturated heterocycles. The van der Waals surface area contributed by atoms with Crippen LogP contribution in [0.5, 0.6) is 0 Å². The van der Waals surface area contributed by atoms with Crippen molar-refractivity contribution in [3.05, 3.63) is 47.5 Å². The van der Waals surface area contributed by atoms with E-state index < -0.39 is 0 Å². The van der Waals surface area contributed by atoms with Crippen molar-refractivity contribution in [2.24, 2.45) is 17.8 Å². The summed E-state index contributed by atoms with van der Waals surface area (Å²) in [5.41, 5.74) is 1.82. The van der Waals surface area contributed by atoms with Crippen molar-refractivity contribution >= 4 is 22.7 Å². The molecule has 6 heteroatoms. The third kappa shape index (κ3) is 7.65. The summed E-state index contributed by atoms with van der Waals surface area (Å²) in [7, 11) is 0. The first-order valence-corrected chi connectivity index (χ1v) is 18.0. The average Bonchev–Trinajstić information content (AvgIpc) is 2.92. The molecular formula is C40H58N2O4. The van der Waals surface area contributed by atoms with Crippen LogP contribution in [-0.2, 0) is 14.3 Å². The van der Waals surface area contributed by atoms with Gasteiger partial charge >= 0.3 is 11.9 Å². The van der Waals surface area contributed by atoms with E-state index in [4.69, 9.17) is 9.47 Å². The first-order valence-electron chi connectivity index (χ1n) is 18.0. The lowest BCUT2D eigenvalue weighted by Gasteiger charge is -2.46. The van der Waals surface area contributed by atoms with Crippen LogP contribution >= 0.6 is 0 Å². The molecular weight excluding hydrogens is 572 g/mol. The van der Waals surface area contributed by atoms with E-state index in [2.05, 4.69) is 90.3 Å². The number of nitrogens with one attached hydrogen (secondary N) is 2. The Hall–Kier alpha value is -2.44. The Morgan fingerprint density at radius 2 is 1.24 bits per heavy atom. The topological polar surface area (TPSA) is 76.7 Å². The number of benzene rings is 2. The van der Waals surface area contributed by atoms with Gasteiger partial charge in [0, 0.05) is 47.8 Å². The minimum atomic E-state index is -0.228. The fraction of sp³-hybridized carbons (Fsp3) is 0.700. The van der Waals surface area contributed by atoms with Gasteiger partial charge in [0.25, 0.3) is 0 Å². The summed E-state index contributed by atoms with van der Waals surface area (Å²) >= 11 is 0. The zero-order valence-electron chi connectivity index (χ0n) is 29.6. The Bertz CT molecular complexity index is 1430. The van der Waals surface area contributed by atoms with Crippen molar-refractivity contribution in [3.63, 3.8) is 0 Å². The van der Waals surface area contributed by atoms with E-state index in [0.29, 0.717) is 23.3 Å². The van der Waals surface area contributed by atoms with Crippen molar-refractivity contribution in [2.75, 3.05) is 0 Å². The molecule has 2 heterocycles. The van der Waals surface area contributed by atoms with Crippen molar-refractivity contribution in [3.8, 4) is 0 Å². The second kappa shape index (κ2) is 12.2. The number of hydrogen-bond donors (Lipinski definition) is 2. The number of fused-ring (bicyclic) bond motifs is 2. The molecule has 4 atom stereocenters. The lowest BCUT2D eigenvalue weighted by Crippen LogP contribution is -2.59. The van der Waals surface area contributed by atoms with Gasteiger partial charge in [0.2, 0.25) is 0 Å². The molecule has 6 nitrogen and oxygen atoms in total. The number of esters is 2. The molecule has 4 unspecified atom stereocenters. The number of piperidine rings is 2. The van der Waals surface area contributed by atoms with Crippen LogP contribution in [0.25, 0.3) is 10.8 Å². The maximum atomic E-state index is 13.4. The van der Waals surface area contributed by atoms with Gasteiger partial charge in [-0.05, 0) is 140 Å². The molecule has 2 aliphatic heterocycles. The highest BCUT2D eigenvalue weighted by Gasteiger charge is 2.43. The van der Waals surface area contributed by atoms with E-state index in [9.17, 15) is 9.59 Å². The van der Waals surface area contributed by atoms with Gasteiger partial charge in [-0.1, -0.05) is 24.3 Å². The molecule has 2 N–H and O–H groups in total. The predicted octanol–water partition coefficient (Wildman–Crippen LogP) is 8.46. The monoisotopic (exact) mass is 630 g/mol. The Balaban J connectivity index is 1.07. The summed E-state index contributed by atoms with van der Waals surface area (Å²) < 4.78 is 12.3. The maximum absolute atomic E-state index is 13.4. The van der Waals surface area contributed by atoms with Crippen molar-refractivity contribution < 1.29 is 19.1 Å². The Kier molecular flexibility index (Phi) is 8.89.